The van der Waals surface area contributed by atoms with E-state index in [1.54, 1.807) is 0 Å². The topological polar surface area (TPSA) is 29.3 Å². The summed E-state index contributed by atoms with van der Waals surface area (Å²) in [5, 5.41) is 0. The van der Waals surface area contributed by atoms with E-state index in [-0.39, 0.29) is 0 Å². The molecule has 0 spiro atoms. The third-order valence-corrected chi connectivity index (χ3v) is 3.61. The Bertz CT molecular complexity index is 143. The van der Waals surface area contributed by atoms with E-state index in [0.29, 0.717) is 6.04 Å². The van der Waals surface area contributed by atoms with Crippen molar-refractivity contribution in [3.63, 3.8) is 0 Å². The van der Waals surface area contributed by atoms with Crippen LogP contribution in [0.2, 0.25) is 0 Å². The lowest BCUT2D eigenvalue weighted by Crippen LogP contribution is -2.46. The number of nitrogens with zero attached hydrogens (tertiary/aromatic N) is 1. The second-order valence-electron chi connectivity index (χ2n) is 4.45. The van der Waals surface area contributed by atoms with Crippen LogP contribution in [0.15, 0.2) is 0 Å². The van der Waals surface area contributed by atoms with Crippen LogP contribution in [0.4, 0.5) is 0 Å². The average Bonchev–Trinajstić information content (AvgIpc) is 2.45. The maximum atomic E-state index is 5.84. The molecule has 0 bridgehead atoms. The van der Waals surface area contributed by atoms with Crippen molar-refractivity contribution in [1.29, 1.82) is 0 Å². The minimum atomic E-state index is 0.623. The molecule has 2 N–H and O–H groups in total. The maximum Gasteiger partial charge on any atom is 0.0218 e. The first kappa shape index (κ1) is 12.0. The highest BCUT2D eigenvalue weighted by atomic mass is 15.2. The Morgan fingerprint density at radius 2 is 2.07 bits per heavy atom. The Balaban J connectivity index is 2.58. The van der Waals surface area contributed by atoms with Gasteiger partial charge < -0.3 is 5.73 Å². The third kappa shape index (κ3) is 2.96. The predicted octanol–water partition coefficient (Wildman–Crippen LogP) is 2.38. The second-order valence-corrected chi connectivity index (χ2v) is 4.45. The van der Waals surface area contributed by atoms with E-state index in [9.17, 15) is 0 Å². The molecule has 0 amide bonds. The van der Waals surface area contributed by atoms with Crippen molar-refractivity contribution in [2.75, 3.05) is 13.1 Å². The summed E-state index contributed by atoms with van der Waals surface area (Å²) in [7, 11) is 0. The zero-order valence-corrected chi connectivity index (χ0v) is 9.84. The van der Waals surface area contributed by atoms with Gasteiger partial charge in [-0.25, -0.2) is 0 Å². The quantitative estimate of drug-likeness (QED) is 0.751. The van der Waals surface area contributed by atoms with Gasteiger partial charge in [-0.1, -0.05) is 26.7 Å². The van der Waals surface area contributed by atoms with Gasteiger partial charge in [0.05, 0.1) is 0 Å². The number of rotatable bonds is 4. The monoisotopic (exact) mass is 198 g/mol. The first-order chi connectivity index (χ1) is 6.83. The standard InChI is InChI=1S/C12H26N2/c1-3-11-8-6-5-7-9-14(11)12(4-2)10-13/h11-12H,3-10,13H2,1-2H3. The lowest BCUT2D eigenvalue weighted by Gasteiger charge is -2.35. The summed E-state index contributed by atoms with van der Waals surface area (Å²) in [4.78, 5) is 2.67. The molecule has 2 heteroatoms. The first-order valence-electron chi connectivity index (χ1n) is 6.29. The van der Waals surface area contributed by atoms with Gasteiger partial charge in [0.25, 0.3) is 0 Å². The lowest BCUT2D eigenvalue weighted by molar-refractivity contribution is 0.132. The molecule has 2 nitrogen and oxygen atoms in total. The van der Waals surface area contributed by atoms with Crippen LogP contribution >= 0.6 is 0 Å². The van der Waals surface area contributed by atoms with Crippen LogP contribution in [0, 0.1) is 0 Å². The molecule has 0 aromatic rings. The summed E-state index contributed by atoms with van der Waals surface area (Å²) in [5.41, 5.74) is 5.84. The normalized spacial score (nSPS) is 27.2. The fourth-order valence-corrected chi connectivity index (χ4v) is 2.66. The smallest absolute Gasteiger partial charge is 0.0218 e. The minimum absolute atomic E-state index is 0.623. The molecule has 0 aromatic carbocycles. The van der Waals surface area contributed by atoms with Crippen molar-refractivity contribution in [3.05, 3.63) is 0 Å². The second kappa shape index (κ2) is 6.41. The highest BCUT2D eigenvalue weighted by molar-refractivity contribution is 4.80. The molecule has 0 radical (unpaired) electrons. The van der Waals surface area contributed by atoms with Crippen molar-refractivity contribution in [2.24, 2.45) is 5.73 Å². The molecule has 1 saturated heterocycles. The molecule has 0 saturated carbocycles. The van der Waals surface area contributed by atoms with Gasteiger partial charge in [-0.05, 0) is 32.2 Å². The number of likely N-dealkylation sites (tertiary alicyclic amines) is 1. The Labute approximate surface area is 88.8 Å². The Morgan fingerprint density at radius 1 is 1.29 bits per heavy atom. The maximum absolute atomic E-state index is 5.84. The molecular weight excluding hydrogens is 172 g/mol. The van der Waals surface area contributed by atoms with Crippen LogP contribution in [0.1, 0.15) is 52.4 Å². The summed E-state index contributed by atoms with van der Waals surface area (Å²) in [6.45, 7) is 6.67. The minimum Gasteiger partial charge on any atom is -0.329 e. The summed E-state index contributed by atoms with van der Waals surface area (Å²) in [5.74, 6) is 0. The van der Waals surface area contributed by atoms with E-state index in [1.165, 1.54) is 45.1 Å². The van der Waals surface area contributed by atoms with Crippen LogP contribution in [0.25, 0.3) is 0 Å². The largest absolute Gasteiger partial charge is 0.329 e. The van der Waals surface area contributed by atoms with Crippen molar-refractivity contribution < 1.29 is 0 Å². The van der Waals surface area contributed by atoms with Crippen LogP contribution < -0.4 is 5.73 Å². The Hall–Kier alpha value is -0.0800. The molecule has 84 valence electrons. The van der Waals surface area contributed by atoms with Gasteiger partial charge in [0.15, 0.2) is 0 Å². The third-order valence-electron chi connectivity index (χ3n) is 3.61. The zero-order chi connectivity index (χ0) is 10.4. The van der Waals surface area contributed by atoms with Gasteiger partial charge in [0.2, 0.25) is 0 Å². The number of hydrogen-bond acceptors (Lipinski definition) is 2. The number of nitrogens with two attached hydrogens (primary N) is 1. The molecule has 14 heavy (non-hydrogen) atoms. The van der Waals surface area contributed by atoms with Gasteiger partial charge in [0, 0.05) is 18.6 Å². The van der Waals surface area contributed by atoms with E-state index >= 15 is 0 Å². The highest BCUT2D eigenvalue weighted by Gasteiger charge is 2.24. The van der Waals surface area contributed by atoms with Crippen LogP contribution in [0.5, 0.6) is 0 Å². The highest BCUT2D eigenvalue weighted by Crippen LogP contribution is 2.22. The van der Waals surface area contributed by atoms with Crippen molar-refractivity contribution in [3.8, 4) is 0 Å². The van der Waals surface area contributed by atoms with E-state index in [2.05, 4.69) is 18.7 Å². The fraction of sp³-hybridized carbons (Fsp3) is 1.00. The van der Waals surface area contributed by atoms with Gasteiger partial charge in [-0.2, -0.15) is 0 Å². The fourth-order valence-electron chi connectivity index (χ4n) is 2.66. The van der Waals surface area contributed by atoms with Crippen molar-refractivity contribution in [2.45, 2.75) is 64.5 Å². The molecule has 1 fully saturated rings. The molecule has 0 aromatic heterocycles. The van der Waals surface area contributed by atoms with Gasteiger partial charge in [-0.15, -0.1) is 0 Å². The SMILES string of the molecule is CCC(CN)N1CCCCCC1CC. The summed E-state index contributed by atoms with van der Waals surface area (Å²) >= 11 is 0. The van der Waals surface area contributed by atoms with Gasteiger partial charge in [0.1, 0.15) is 0 Å². The molecule has 1 heterocycles. The Kier molecular flexibility index (Phi) is 5.49. The molecular formula is C12H26N2. The van der Waals surface area contributed by atoms with Crippen LogP contribution in [-0.2, 0) is 0 Å². The van der Waals surface area contributed by atoms with E-state index in [1.807, 2.05) is 0 Å². The zero-order valence-electron chi connectivity index (χ0n) is 9.84. The molecule has 1 rings (SSSR count). The molecule has 2 atom stereocenters. The lowest BCUT2D eigenvalue weighted by atomic mass is 10.0. The molecule has 0 aliphatic carbocycles. The van der Waals surface area contributed by atoms with E-state index in [0.717, 1.165) is 12.6 Å². The average molecular weight is 198 g/mol. The van der Waals surface area contributed by atoms with Crippen molar-refractivity contribution >= 4 is 0 Å². The predicted molar refractivity (Wildman–Crippen MR) is 62.4 cm³/mol. The van der Waals surface area contributed by atoms with Crippen LogP contribution in [0.3, 0.4) is 0 Å². The first-order valence-corrected chi connectivity index (χ1v) is 6.29. The van der Waals surface area contributed by atoms with E-state index in [4.69, 9.17) is 5.73 Å². The molecule has 1 aliphatic heterocycles. The van der Waals surface area contributed by atoms with Crippen molar-refractivity contribution in [1.82, 2.24) is 4.90 Å². The van der Waals surface area contributed by atoms with E-state index < -0.39 is 0 Å². The number of hydrogen-bond donors (Lipinski definition) is 1. The molecule has 2 unspecified atom stereocenters. The van der Waals surface area contributed by atoms with Gasteiger partial charge >= 0.3 is 0 Å². The summed E-state index contributed by atoms with van der Waals surface area (Å²) in [6.07, 6.45) is 8.06. The van der Waals surface area contributed by atoms with Crippen LogP contribution in [-0.4, -0.2) is 30.1 Å². The Morgan fingerprint density at radius 3 is 2.64 bits per heavy atom. The van der Waals surface area contributed by atoms with Gasteiger partial charge in [-0.3, -0.25) is 4.90 Å². The molecule has 1 aliphatic rings. The summed E-state index contributed by atoms with van der Waals surface area (Å²) in [6, 6.07) is 1.42. The summed E-state index contributed by atoms with van der Waals surface area (Å²) < 4.78 is 0.